The first-order valence-electron chi connectivity index (χ1n) is 7.34. The van der Waals surface area contributed by atoms with Gasteiger partial charge in [-0.1, -0.05) is 24.3 Å². The molecular weight excluding hydrogens is 309 g/mol. The third kappa shape index (κ3) is 5.24. The van der Waals surface area contributed by atoms with Crippen LogP contribution in [0.4, 0.5) is 14.9 Å². The fraction of sp³-hybridized carbons (Fsp3) is 0.111. The number of primary amides is 1. The lowest BCUT2D eigenvalue weighted by molar-refractivity contribution is -0.117. The van der Waals surface area contributed by atoms with Crippen molar-refractivity contribution in [2.75, 3.05) is 5.32 Å². The molecule has 0 aliphatic rings. The summed E-state index contributed by atoms with van der Waals surface area (Å²) in [4.78, 5) is 22.7. The van der Waals surface area contributed by atoms with E-state index in [0.717, 1.165) is 11.1 Å². The predicted molar refractivity (Wildman–Crippen MR) is 91.6 cm³/mol. The lowest BCUT2D eigenvalue weighted by Crippen LogP contribution is -2.24. The SMILES string of the molecule is C[C@H](NC(=O)/C=C\c1ccc(F)cc1)c1ccc(NC(N)=O)cc1. The molecule has 2 rings (SSSR count). The zero-order chi connectivity index (χ0) is 17.5. The van der Waals surface area contributed by atoms with Gasteiger partial charge in [0.2, 0.25) is 5.91 Å². The quantitative estimate of drug-likeness (QED) is 0.737. The highest BCUT2D eigenvalue weighted by molar-refractivity contribution is 5.92. The zero-order valence-electron chi connectivity index (χ0n) is 13.1. The summed E-state index contributed by atoms with van der Waals surface area (Å²) in [6.07, 6.45) is 3.01. The monoisotopic (exact) mass is 327 g/mol. The molecule has 0 saturated carbocycles. The van der Waals surface area contributed by atoms with Gasteiger partial charge in [-0.3, -0.25) is 4.79 Å². The van der Waals surface area contributed by atoms with Crippen LogP contribution in [0.3, 0.4) is 0 Å². The van der Waals surface area contributed by atoms with Crippen LogP contribution in [0.1, 0.15) is 24.1 Å². The molecule has 3 amide bonds. The van der Waals surface area contributed by atoms with Gasteiger partial charge in [0, 0.05) is 11.8 Å². The molecule has 0 spiro atoms. The maximum absolute atomic E-state index is 12.8. The number of hydrogen-bond donors (Lipinski definition) is 3. The van der Waals surface area contributed by atoms with E-state index in [0.29, 0.717) is 5.69 Å². The molecule has 0 unspecified atom stereocenters. The van der Waals surface area contributed by atoms with Gasteiger partial charge in [-0.2, -0.15) is 0 Å². The second kappa shape index (κ2) is 7.92. The minimum Gasteiger partial charge on any atom is -0.351 e. The fourth-order valence-electron chi connectivity index (χ4n) is 2.09. The number of anilines is 1. The standard InChI is InChI=1S/C18H18FN3O2/c1-12(14-5-9-16(10-6-14)22-18(20)24)21-17(23)11-4-13-2-7-15(19)8-3-13/h2-12H,1H3,(H,21,23)(H3,20,22,24)/b11-4-/t12-/m0/s1. The van der Waals surface area contributed by atoms with E-state index >= 15 is 0 Å². The molecule has 0 bridgehead atoms. The van der Waals surface area contributed by atoms with Crippen molar-refractivity contribution in [3.8, 4) is 0 Å². The molecule has 0 saturated heterocycles. The van der Waals surface area contributed by atoms with E-state index in [4.69, 9.17) is 5.73 Å². The number of hydrogen-bond acceptors (Lipinski definition) is 2. The van der Waals surface area contributed by atoms with Crippen LogP contribution in [0.5, 0.6) is 0 Å². The Morgan fingerprint density at radius 1 is 1.08 bits per heavy atom. The number of carbonyl (C=O) groups is 2. The van der Waals surface area contributed by atoms with Crippen molar-refractivity contribution in [2.24, 2.45) is 5.73 Å². The van der Waals surface area contributed by atoms with Gasteiger partial charge in [-0.25, -0.2) is 9.18 Å². The van der Waals surface area contributed by atoms with Crippen molar-refractivity contribution in [3.63, 3.8) is 0 Å². The minimum atomic E-state index is -0.630. The van der Waals surface area contributed by atoms with E-state index < -0.39 is 6.03 Å². The Hall–Kier alpha value is -3.15. The summed E-state index contributed by atoms with van der Waals surface area (Å²) in [5, 5.41) is 5.29. The first kappa shape index (κ1) is 17.2. The van der Waals surface area contributed by atoms with Crippen molar-refractivity contribution < 1.29 is 14.0 Å². The van der Waals surface area contributed by atoms with Gasteiger partial charge in [0.25, 0.3) is 0 Å². The number of benzene rings is 2. The van der Waals surface area contributed by atoms with Crippen LogP contribution in [0.2, 0.25) is 0 Å². The Morgan fingerprint density at radius 3 is 2.29 bits per heavy atom. The molecule has 0 heterocycles. The second-order valence-corrected chi connectivity index (χ2v) is 5.23. The average Bonchev–Trinajstić information content (AvgIpc) is 2.54. The van der Waals surface area contributed by atoms with Crippen LogP contribution in [0.25, 0.3) is 6.08 Å². The Morgan fingerprint density at radius 2 is 1.71 bits per heavy atom. The first-order valence-corrected chi connectivity index (χ1v) is 7.34. The summed E-state index contributed by atoms with van der Waals surface area (Å²) in [7, 11) is 0. The Labute approximate surface area is 139 Å². The van der Waals surface area contributed by atoms with E-state index in [1.807, 2.05) is 6.92 Å². The molecule has 0 fully saturated rings. The van der Waals surface area contributed by atoms with E-state index in [1.165, 1.54) is 18.2 Å². The summed E-state index contributed by atoms with van der Waals surface area (Å²) < 4.78 is 12.8. The van der Waals surface area contributed by atoms with Crippen molar-refractivity contribution in [1.82, 2.24) is 5.32 Å². The smallest absolute Gasteiger partial charge is 0.316 e. The van der Waals surface area contributed by atoms with Gasteiger partial charge in [-0.05, 0) is 48.4 Å². The van der Waals surface area contributed by atoms with Crippen LogP contribution >= 0.6 is 0 Å². The van der Waals surface area contributed by atoms with Crippen molar-refractivity contribution >= 4 is 23.7 Å². The Balaban J connectivity index is 1.93. The molecule has 0 aliphatic heterocycles. The maximum atomic E-state index is 12.8. The fourth-order valence-corrected chi connectivity index (χ4v) is 2.09. The number of nitrogens with two attached hydrogens (primary N) is 1. The normalized spacial score (nSPS) is 11.9. The second-order valence-electron chi connectivity index (χ2n) is 5.23. The van der Waals surface area contributed by atoms with E-state index in [-0.39, 0.29) is 17.8 Å². The molecular formula is C18H18FN3O2. The maximum Gasteiger partial charge on any atom is 0.316 e. The zero-order valence-corrected chi connectivity index (χ0v) is 13.1. The van der Waals surface area contributed by atoms with Crippen LogP contribution < -0.4 is 16.4 Å². The highest BCUT2D eigenvalue weighted by Gasteiger charge is 2.07. The molecule has 0 aromatic heterocycles. The van der Waals surface area contributed by atoms with E-state index in [2.05, 4.69) is 10.6 Å². The Bertz CT molecular complexity index is 740. The van der Waals surface area contributed by atoms with Crippen molar-refractivity contribution in [2.45, 2.75) is 13.0 Å². The highest BCUT2D eigenvalue weighted by Crippen LogP contribution is 2.16. The molecule has 2 aromatic rings. The molecule has 6 heteroatoms. The van der Waals surface area contributed by atoms with Gasteiger partial charge in [0.05, 0.1) is 6.04 Å². The van der Waals surface area contributed by atoms with Crippen LogP contribution in [-0.4, -0.2) is 11.9 Å². The van der Waals surface area contributed by atoms with Gasteiger partial charge in [0.15, 0.2) is 0 Å². The van der Waals surface area contributed by atoms with Gasteiger partial charge in [-0.15, -0.1) is 0 Å². The third-order valence-corrected chi connectivity index (χ3v) is 3.33. The molecule has 4 N–H and O–H groups in total. The topological polar surface area (TPSA) is 84.2 Å². The molecule has 24 heavy (non-hydrogen) atoms. The number of halogens is 1. The number of nitrogens with one attached hydrogen (secondary N) is 2. The lowest BCUT2D eigenvalue weighted by Gasteiger charge is -2.13. The van der Waals surface area contributed by atoms with Gasteiger partial charge >= 0.3 is 6.03 Å². The Kier molecular flexibility index (Phi) is 5.68. The summed E-state index contributed by atoms with van der Waals surface area (Å²) in [5.41, 5.74) is 7.25. The molecule has 1 atom stereocenters. The number of rotatable bonds is 5. The molecule has 0 radical (unpaired) electrons. The number of urea groups is 1. The number of carbonyl (C=O) groups excluding carboxylic acids is 2. The van der Waals surface area contributed by atoms with E-state index in [1.54, 1.807) is 42.5 Å². The van der Waals surface area contributed by atoms with Crippen molar-refractivity contribution in [3.05, 3.63) is 71.6 Å². The highest BCUT2D eigenvalue weighted by atomic mass is 19.1. The van der Waals surface area contributed by atoms with Crippen LogP contribution in [0.15, 0.2) is 54.6 Å². The van der Waals surface area contributed by atoms with Crippen LogP contribution in [0, 0.1) is 5.82 Å². The summed E-state index contributed by atoms with van der Waals surface area (Å²) in [6.45, 7) is 1.85. The molecule has 0 aliphatic carbocycles. The molecule has 124 valence electrons. The largest absolute Gasteiger partial charge is 0.351 e. The third-order valence-electron chi connectivity index (χ3n) is 3.33. The van der Waals surface area contributed by atoms with Gasteiger partial charge < -0.3 is 16.4 Å². The van der Waals surface area contributed by atoms with Crippen LogP contribution in [-0.2, 0) is 4.79 Å². The molecule has 2 aromatic carbocycles. The first-order chi connectivity index (χ1) is 11.4. The summed E-state index contributed by atoms with van der Waals surface area (Å²) in [6, 6.07) is 12.0. The average molecular weight is 327 g/mol. The summed E-state index contributed by atoms with van der Waals surface area (Å²) >= 11 is 0. The summed E-state index contributed by atoms with van der Waals surface area (Å²) in [5.74, 6) is -0.578. The van der Waals surface area contributed by atoms with E-state index in [9.17, 15) is 14.0 Å². The predicted octanol–water partition coefficient (Wildman–Crippen LogP) is 3.21. The lowest BCUT2D eigenvalue weighted by atomic mass is 10.1. The van der Waals surface area contributed by atoms with Gasteiger partial charge in [0.1, 0.15) is 5.82 Å². The number of amides is 3. The molecule has 5 nitrogen and oxygen atoms in total. The minimum absolute atomic E-state index is 0.210. The van der Waals surface area contributed by atoms with Crippen molar-refractivity contribution in [1.29, 1.82) is 0 Å².